The number of methoxy groups -OCH3 is 1. The number of hydrogen-bond donors (Lipinski definition) is 2. The topological polar surface area (TPSA) is 41.5 Å². The molecule has 0 aliphatic rings. The van der Waals surface area contributed by atoms with Crippen molar-refractivity contribution in [3.63, 3.8) is 0 Å². The van der Waals surface area contributed by atoms with Crippen molar-refractivity contribution in [2.45, 2.75) is 45.8 Å². The molecule has 0 saturated carbocycles. The summed E-state index contributed by atoms with van der Waals surface area (Å²) >= 11 is 0. The minimum atomic E-state index is -0.484. The van der Waals surface area contributed by atoms with Crippen molar-refractivity contribution in [2.24, 2.45) is 5.92 Å². The van der Waals surface area contributed by atoms with E-state index in [1.165, 1.54) is 0 Å². The van der Waals surface area contributed by atoms with E-state index in [1.807, 2.05) is 24.3 Å². The average Bonchev–Trinajstić information content (AvgIpc) is 2.42. The van der Waals surface area contributed by atoms with Crippen LogP contribution in [0, 0.1) is 5.92 Å². The Labute approximate surface area is 117 Å². The Kier molecular flexibility index (Phi) is 6.89. The van der Waals surface area contributed by atoms with E-state index in [0.717, 1.165) is 30.7 Å². The van der Waals surface area contributed by atoms with Crippen LogP contribution in [0.2, 0.25) is 0 Å². The minimum absolute atomic E-state index is 0.0833. The monoisotopic (exact) mass is 265 g/mol. The van der Waals surface area contributed by atoms with E-state index in [0.29, 0.717) is 5.92 Å². The van der Waals surface area contributed by atoms with Gasteiger partial charge in [-0.25, -0.2) is 0 Å². The van der Waals surface area contributed by atoms with Gasteiger partial charge < -0.3 is 15.2 Å². The Balaban J connectivity index is 2.71. The first-order chi connectivity index (χ1) is 9.10. The molecule has 0 aromatic heterocycles. The highest BCUT2D eigenvalue weighted by Gasteiger charge is 2.23. The standard InChI is InChI=1S/C16H27NO2/c1-5-6-11-17-15(12(2)3)16(18)13-7-9-14(19-4)10-8-13/h7-10,12,15-18H,5-6,11H2,1-4H3. The van der Waals surface area contributed by atoms with Crippen LogP contribution in [-0.2, 0) is 0 Å². The lowest BCUT2D eigenvalue weighted by Crippen LogP contribution is -2.39. The van der Waals surface area contributed by atoms with Crippen molar-refractivity contribution in [3.05, 3.63) is 29.8 Å². The summed E-state index contributed by atoms with van der Waals surface area (Å²) in [5.74, 6) is 1.20. The molecule has 3 nitrogen and oxygen atoms in total. The van der Waals surface area contributed by atoms with Crippen molar-refractivity contribution in [3.8, 4) is 5.75 Å². The van der Waals surface area contributed by atoms with Gasteiger partial charge in [-0.3, -0.25) is 0 Å². The summed E-state index contributed by atoms with van der Waals surface area (Å²) < 4.78 is 5.14. The Bertz CT molecular complexity index is 348. The van der Waals surface area contributed by atoms with Crippen LogP contribution in [0.3, 0.4) is 0 Å². The van der Waals surface area contributed by atoms with Crippen LogP contribution in [0.25, 0.3) is 0 Å². The molecule has 1 rings (SSSR count). The van der Waals surface area contributed by atoms with Crippen LogP contribution < -0.4 is 10.1 Å². The Morgan fingerprint density at radius 3 is 2.32 bits per heavy atom. The van der Waals surface area contributed by atoms with Crippen LogP contribution in [0.4, 0.5) is 0 Å². The van der Waals surface area contributed by atoms with Gasteiger partial charge in [-0.1, -0.05) is 39.3 Å². The molecule has 0 spiro atoms. The van der Waals surface area contributed by atoms with Gasteiger partial charge in [0.25, 0.3) is 0 Å². The SMILES string of the molecule is CCCCNC(C(C)C)C(O)c1ccc(OC)cc1. The third-order valence-electron chi connectivity index (χ3n) is 3.43. The van der Waals surface area contributed by atoms with E-state index in [4.69, 9.17) is 4.74 Å². The summed E-state index contributed by atoms with van der Waals surface area (Å²) in [5.41, 5.74) is 0.934. The molecule has 1 aromatic rings. The molecule has 0 aliphatic heterocycles. The smallest absolute Gasteiger partial charge is 0.118 e. The third kappa shape index (κ3) is 4.84. The van der Waals surface area contributed by atoms with Gasteiger partial charge in [0.15, 0.2) is 0 Å². The second-order valence-corrected chi connectivity index (χ2v) is 5.30. The average molecular weight is 265 g/mol. The summed E-state index contributed by atoms with van der Waals surface area (Å²) in [6.07, 6.45) is 1.82. The molecule has 1 aromatic carbocycles. The first-order valence-electron chi connectivity index (χ1n) is 7.15. The number of rotatable bonds is 8. The fraction of sp³-hybridized carbons (Fsp3) is 0.625. The number of benzene rings is 1. The first kappa shape index (κ1) is 16.0. The fourth-order valence-corrected chi connectivity index (χ4v) is 2.17. The van der Waals surface area contributed by atoms with E-state index >= 15 is 0 Å². The van der Waals surface area contributed by atoms with Gasteiger partial charge in [0.1, 0.15) is 5.75 Å². The minimum Gasteiger partial charge on any atom is -0.497 e. The van der Waals surface area contributed by atoms with Crippen LogP contribution in [0.5, 0.6) is 5.75 Å². The highest BCUT2D eigenvalue weighted by atomic mass is 16.5. The molecular weight excluding hydrogens is 238 g/mol. The molecule has 0 bridgehead atoms. The predicted molar refractivity (Wildman–Crippen MR) is 79.5 cm³/mol. The zero-order valence-electron chi connectivity index (χ0n) is 12.5. The number of hydrogen-bond acceptors (Lipinski definition) is 3. The molecule has 3 heteroatoms. The molecule has 2 N–H and O–H groups in total. The predicted octanol–water partition coefficient (Wildman–Crippen LogP) is 3.14. The van der Waals surface area contributed by atoms with Gasteiger partial charge in [-0.05, 0) is 36.6 Å². The molecule has 0 aliphatic carbocycles. The van der Waals surface area contributed by atoms with Crippen molar-refractivity contribution in [1.29, 1.82) is 0 Å². The summed E-state index contributed by atoms with van der Waals surface area (Å²) in [6, 6.07) is 7.73. The quantitative estimate of drug-likeness (QED) is 0.710. The molecule has 0 heterocycles. The highest BCUT2D eigenvalue weighted by molar-refractivity contribution is 5.29. The van der Waals surface area contributed by atoms with Crippen LogP contribution in [0.15, 0.2) is 24.3 Å². The van der Waals surface area contributed by atoms with Crippen molar-refractivity contribution in [1.82, 2.24) is 5.32 Å². The second kappa shape index (κ2) is 8.18. The van der Waals surface area contributed by atoms with Crippen LogP contribution >= 0.6 is 0 Å². The Morgan fingerprint density at radius 2 is 1.84 bits per heavy atom. The highest BCUT2D eigenvalue weighted by Crippen LogP contribution is 2.24. The number of aliphatic hydroxyl groups excluding tert-OH is 1. The zero-order chi connectivity index (χ0) is 14.3. The lowest BCUT2D eigenvalue weighted by Gasteiger charge is -2.28. The maximum atomic E-state index is 10.5. The summed E-state index contributed by atoms with van der Waals surface area (Å²) in [6.45, 7) is 7.39. The molecule has 19 heavy (non-hydrogen) atoms. The number of ether oxygens (including phenoxy) is 1. The van der Waals surface area contributed by atoms with Gasteiger partial charge in [0.05, 0.1) is 13.2 Å². The van der Waals surface area contributed by atoms with Gasteiger partial charge in [-0.2, -0.15) is 0 Å². The lowest BCUT2D eigenvalue weighted by molar-refractivity contribution is 0.105. The van der Waals surface area contributed by atoms with E-state index in [1.54, 1.807) is 7.11 Å². The van der Waals surface area contributed by atoms with Crippen molar-refractivity contribution in [2.75, 3.05) is 13.7 Å². The molecule has 0 amide bonds. The lowest BCUT2D eigenvalue weighted by atomic mass is 9.93. The molecule has 2 atom stereocenters. The van der Waals surface area contributed by atoms with Crippen molar-refractivity contribution >= 4 is 0 Å². The van der Waals surface area contributed by atoms with E-state index < -0.39 is 6.10 Å². The fourth-order valence-electron chi connectivity index (χ4n) is 2.17. The number of aliphatic hydroxyl groups is 1. The number of nitrogens with one attached hydrogen (secondary N) is 1. The molecular formula is C16H27NO2. The van der Waals surface area contributed by atoms with E-state index in [-0.39, 0.29) is 6.04 Å². The van der Waals surface area contributed by atoms with Crippen LogP contribution in [-0.4, -0.2) is 24.8 Å². The Morgan fingerprint density at radius 1 is 1.21 bits per heavy atom. The zero-order valence-corrected chi connectivity index (χ0v) is 12.5. The maximum absolute atomic E-state index is 10.5. The van der Waals surface area contributed by atoms with Crippen LogP contribution in [0.1, 0.15) is 45.3 Å². The third-order valence-corrected chi connectivity index (χ3v) is 3.43. The Hall–Kier alpha value is -1.06. The van der Waals surface area contributed by atoms with Gasteiger partial charge in [-0.15, -0.1) is 0 Å². The van der Waals surface area contributed by atoms with E-state index in [2.05, 4.69) is 26.1 Å². The molecule has 0 radical (unpaired) electrons. The molecule has 0 saturated heterocycles. The van der Waals surface area contributed by atoms with E-state index in [9.17, 15) is 5.11 Å². The summed E-state index contributed by atoms with van der Waals surface area (Å²) in [4.78, 5) is 0. The first-order valence-corrected chi connectivity index (χ1v) is 7.15. The molecule has 108 valence electrons. The summed E-state index contributed by atoms with van der Waals surface area (Å²) in [7, 11) is 1.65. The summed E-state index contributed by atoms with van der Waals surface area (Å²) in [5, 5.41) is 14.0. The van der Waals surface area contributed by atoms with Gasteiger partial charge in [0, 0.05) is 6.04 Å². The normalized spacial score (nSPS) is 14.4. The molecule has 2 unspecified atom stereocenters. The molecule has 0 fully saturated rings. The van der Waals surface area contributed by atoms with Crippen molar-refractivity contribution < 1.29 is 9.84 Å². The second-order valence-electron chi connectivity index (χ2n) is 5.30. The maximum Gasteiger partial charge on any atom is 0.118 e. The number of unbranched alkanes of at least 4 members (excludes halogenated alkanes) is 1. The van der Waals surface area contributed by atoms with Gasteiger partial charge >= 0.3 is 0 Å². The van der Waals surface area contributed by atoms with Gasteiger partial charge in [0.2, 0.25) is 0 Å². The largest absolute Gasteiger partial charge is 0.497 e.